The molecule has 0 bridgehead atoms. The van der Waals surface area contributed by atoms with Crippen LogP contribution in [-0.4, -0.2) is 31.6 Å². The van der Waals surface area contributed by atoms with E-state index in [4.69, 9.17) is 4.52 Å². The van der Waals surface area contributed by atoms with Crippen LogP contribution in [0, 0.1) is 6.92 Å². The number of nitrogens with zero attached hydrogens (tertiary/aromatic N) is 4. The topological polar surface area (TPSA) is 85.8 Å². The van der Waals surface area contributed by atoms with Gasteiger partial charge in [-0.15, -0.1) is 10.2 Å². The lowest BCUT2D eigenvalue weighted by molar-refractivity contribution is -0.113. The minimum absolute atomic E-state index is 0.114. The zero-order chi connectivity index (χ0) is 15.6. The van der Waals surface area contributed by atoms with Crippen LogP contribution >= 0.6 is 11.8 Å². The molecule has 0 atom stereocenters. The van der Waals surface area contributed by atoms with Crippen molar-refractivity contribution in [3.05, 3.63) is 17.6 Å². The van der Waals surface area contributed by atoms with Crippen LogP contribution in [0.1, 0.15) is 32.3 Å². The van der Waals surface area contributed by atoms with Crippen LogP contribution in [0.15, 0.2) is 15.7 Å². The van der Waals surface area contributed by atoms with Gasteiger partial charge in [0.05, 0.1) is 11.4 Å². The highest BCUT2D eigenvalue weighted by Crippen LogP contribution is 2.24. The first kappa shape index (κ1) is 15.6. The number of thioether (sulfide) groups is 1. The highest BCUT2D eigenvalue weighted by atomic mass is 32.2. The molecule has 0 saturated heterocycles. The molecule has 0 aliphatic carbocycles. The van der Waals surface area contributed by atoms with Gasteiger partial charge in [0.2, 0.25) is 11.8 Å². The van der Waals surface area contributed by atoms with Crippen LogP contribution in [0.4, 0.5) is 5.88 Å². The molecule has 0 fully saturated rings. The number of rotatable bonds is 4. The van der Waals surface area contributed by atoms with Gasteiger partial charge in [-0.05, 0) is 6.92 Å². The van der Waals surface area contributed by atoms with E-state index in [9.17, 15) is 4.79 Å². The zero-order valence-corrected chi connectivity index (χ0v) is 13.6. The third-order valence-electron chi connectivity index (χ3n) is 2.93. The van der Waals surface area contributed by atoms with Gasteiger partial charge >= 0.3 is 0 Å². The molecule has 1 N–H and O–H groups in total. The molecule has 21 heavy (non-hydrogen) atoms. The van der Waals surface area contributed by atoms with E-state index in [1.54, 1.807) is 6.07 Å². The Balaban J connectivity index is 1.90. The molecule has 2 aromatic rings. The minimum atomic E-state index is -0.169. The van der Waals surface area contributed by atoms with E-state index < -0.39 is 0 Å². The van der Waals surface area contributed by atoms with Crippen molar-refractivity contribution in [1.82, 2.24) is 19.9 Å². The number of carbonyl (C=O) groups is 1. The van der Waals surface area contributed by atoms with Crippen molar-refractivity contribution in [3.63, 3.8) is 0 Å². The van der Waals surface area contributed by atoms with Gasteiger partial charge in [0.1, 0.15) is 5.82 Å². The van der Waals surface area contributed by atoms with Crippen LogP contribution in [0.25, 0.3) is 0 Å². The Bertz CT molecular complexity index is 641. The number of anilines is 1. The van der Waals surface area contributed by atoms with Crippen molar-refractivity contribution in [3.8, 4) is 0 Å². The summed E-state index contributed by atoms with van der Waals surface area (Å²) in [6.07, 6.45) is 0. The molecule has 2 aromatic heterocycles. The molecular formula is C13H19N5O2S. The van der Waals surface area contributed by atoms with E-state index in [-0.39, 0.29) is 17.1 Å². The molecule has 2 rings (SSSR count). The normalized spacial score (nSPS) is 11.7. The van der Waals surface area contributed by atoms with E-state index in [0.717, 1.165) is 11.5 Å². The molecule has 0 saturated carbocycles. The molecule has 0 aliphatic heterocycles. The summed E-state index contributed by atoms with van der Waals surface area (Å²) in [4.78, 5) is 11.9. The van der Waals surface area contributed by atoms with Gasteiger partial charge in [-0.25, -0.2) is 0 Å². The molecule has 0 spiro atoms. The fourth-order valence-electron chi connectivity index (χ4n) is 1.50. The number of hydrogen-bond donors (Lipinski definition) is 1. The van der Waals surface area contributed by atoms with Crippen molar-refractivity contribution < 1.29 is 9.32 Å². The lowest BCUT2D eigenvalue weighted by Gasteiger charge is -2.12. The fraction of sp³-hybridized carbons (Fsp3) is 0.538. The quantitative estimate of drug-likeness (QED) is 0.871. The van der Waals surface area contributed by atoms with Crippen LogP contribution in [-0.2, 0) is 17.3 Å². The predicted octanol–water partition coefficient (Wildman–Crippen LogP) is 2.14. The molecule has 1 amide bonds. The maximum absolute atomic E-state index is 11.9. The van der Waals surface area contributed by atoms with Gasteiger partial charge in [-0.1, -0.05) is 37.7 Å². The lowest BCUT2D eigenvalue weighted by atomic mass is 9.92. The van der Waals surface area contributed by atoms with E-state index in [2.05, 4.69) is 20.7 Å². The van der Waals surface area contributed by atoms with Gasteiger partial charge in [0.15, 0.2) is 5.16 Å². The summed E-state index contributed by atoms with van der Waals surface area (Å²) in [5.41, 5.74) is 0.687. The SMILES string of the molecule is Cc1nnc(SCC(=O)Nc2cc(C(C)(C)C)no2)n1C. The predicted molar refractivity (Wildman–Crippen MR) is 80.3 cm³/mol. The molecule has 0 unspecified atom stereocenters. The van der Waals surface area contributed by atoms with Crippen LogP contribution in [0.2, 0.25) is 0 Å². The largest absolute Gasteiger partial charge is 0.338 e. The maximum Gasteiger partial charge on any atom is 0.237 e. The Hall–Kier alpha value is -1.83. The first-order valence-corrected chi connectivity index (χ1v) is 7.52. The zero-order valence-electron chi connectivity index (χ0n) is 12.8. The summed E-state index contributed by atoms with van der Waals surface area (Å²) >= 11 is 1.32. The Morgan fingerprint density at radius 1 is 1.43 bits per heavy atom. The van der Waals surface area contributed by atoms with Gasteiger partial charge in [-0.3, -0.25) is 10.1 Å². The van der Waals surface area contributed by atoms with Crippen LogP contribution < -0.4 is 5.32 Å². The van der Waals surface area contributed by atoms with Crippen LogP contribution in [0.3, 0.4) is 0 Å². The summed E-state index contributed by atoms with van der Waals surface area (Å²) in [7, 11) is 1.86. The highest BCUT2D eigenvalue weighted by molar-refractivity contribution is 7.99. The molecule has 8 heteroatoms. The summed E-state index contributed by atoms with van der Waals surface area (Å²) in [5, 5.41) is 15.3. The third kappa shape index (κ3) is 3.84. The summed E-state index contributed by atoms with van der Waals surface area (Å²) in [6.45, 7) is 7.95. The standard InChI is InChI=1S/C13H19N5O2S/c1-8-15-16-12(18(8)5)21-7-10(19)14-11-6-9(17-20-11)13(2,3)4/h6H,7H2,1-5H3,(H,14,19). The molecule has 0 aromatic carbocycles. The van der Waals surface area contributed by atoms with Crippen molar-refractivity contribution in [1.29, 1.82) is 0 Å². The summed E-state index contributed by atoms with van der Waals surface area (Å²) in [6, 6.07) is 1.75. The molecule has 0 radical (unpaired) electrons. The number of nitrogens with one attached hydrogen (secondary N) is 1. The Kier molecular flexibility index (Phi) is 4.36. The third-order valence-corrected chi connectivity index (χ3v) is 3.95. The highest BCUT2D eigenvalue weighted by Gasteiger charge is 2.19. The molecule has 114 valence electrons. The number of carbonyl (C=O) groups excluding carboxylic acids is 1. The van der Waals surface area contributed by atoms with Gasteiger partial charge in [0, 0.05) is 18.5 Å². The van der Waals surface area contributed by atoms with Crippen molar-refractivity contribution in [2.75, 3.05) is 11.1 Å². The monoisotopic (exact) mass is 309 g/mol. The van der Waals surface area contributed by atoms with Gasteiger partial charge < -0.3 is 9.09 Å². The lowest BCUT2D eigenvalue weighted by Crippen LogP contribution is -2.14. The second-order valence-electron chi connectivity index (χ2n) is 5.75. The molecule has 7 nitrogen and oxygen atoms in total. The van der Waals surface area contributed by atoms with E-state index >= 15 is 0 Å². The average molecular weight is 309 g/mol. The first-order chi connectivity index (χ1) is 9.77. The summed E-state index contributed by atoms with van der Waals surface area (Å²) in [5.74, 6) is 1.23. The van der Waals surface area contributed by atoms with Crippen molar-refractivity contribution in [2.24, 2.45) is 7.05 Å². The second kappa shape index (κ2) is 5.88. The van der Waals surface area contributed by atoms with Crippen LogP contribution in [0.5, 0.6) is 0 Å². The smallest absolute Gasteiger partial charge is 0.237 e. The first-order valence-electron chi connectivity index (χ1n) is 6.53. The van der Waals surface area contributed by atoms with E-state index in [0.29, 0.717) is 11.0 Å². The Labute approximate surface area is 127 Å². The number of amides is 1. The number of hydrogen-bond acceptors (Lipinski definition) is 6. The van der Waals surface area contributed by atoms with Crippen molar-refractivity contribution in [2.45, 2.75) is 38.3 Å². The second-order valence-corrected chi connectivity index (χ2v) is 6.69. The Morgan fingerprint density at radius 2 is 2.14 bits per heavy atom. The van der Waals surface area contributed by atoms with E-state index in [1.165, 1.54) is 11.8 Å². The van der Waals surface area contributed by atoms with Crippen molar-refractivity contribution >= 4 is 23.6 Å². The fourth-order valence-corrected chi connectivity index (χ4v) is 2.26. The minimum Gasteiger partial charge on any atom is -0.338 e. The Morgan fingerprint density at radius 3 is 2.67 bits per heavy atom. The molecular weight excluding hydrogens is 290 g/mol. The maximum atomic E-state index is 11.9. The van der Waals surface area contributed by atoms with Gasteiger partial charge in [-0.2, -0.15) is 0 Å². The number of aryl methyl sites for hydroxylation is 1. The van der Waals surface area contributed by atoms with E-state index in [1.807, 2.05) is 39.3 Å². The average Bonchev–Trinajstić information content (AvgIpc) is 2.96. The van der Waals surface area contributed by atoms with Gasteiger partial charge in [0.25, 0.3) is 0 Å². The molecule has 0 aliphatic rings. The number of aromatic nitrogens is 4. The summed E-state index contributed by atoms with van der Waals surface area (Å²) < 4.78 is 6.95. The molecule has 2 heterocycles.